The summed E-state index contributed by atoms with van der Waals surface area (Å²) in [4.78, 5) is 0. The maximum atomic E-state index is 8.51. The summed E-state index contributed by atoms with van der Waals surface area (Å²) in [5.74, 6) is 0.791. The van der Waals surface area contributed by atoms with Crippen LogP contribution < -0.4 is 4.74 Å². The second-order valence-electron chi connectivity index (χ2n) is 2.65. The molecule has 0 aliphatic rings. The first-order chi connectivity index (χ1) is 6.26. The Morgan fingerprint density at radius 1 is 1.62 bits per heavy atom. The van der Waals surface area contributed by atoms with Gasteiger partial charge in [-0.25, -0.2) is 0 Å². The molecule has 2 nitrogen and oxygen atoms in total. The van der Waals surface area contributed by atoms with Gasteiger partial charge >= 0.3 is 0 Å². The molecule has 0 aliphatic carbocycles. The predicted molar refractivity (Wildman–Crippen MR) is 52.0 cm³/mol. The number of methoxy groups -OCH3 is 1. The number of ether oxygens (including phenoxy) is 1. The summed E-state index contributed by atoms with van der Waals surface area (Å²) in [6, 6.07) is 9.53. The molecule has 0 radical (unpaired) electrons. The summed E-state index contributed by atoms with van der Waals surface area (Å²) in [5.41, 5.74) is 1.01. The highest BCUT2D eigenvalue weighted by molar-refractivity contribution is 6.22. The lowest BCUT2D eigenvalue weighted by atomic mass is 10.1. The van der Waals surface area contributed by atoms with E-state index in [0.29, 0.717) is 6.42 Å². The highest BCUT2D eigenvalue weighted by atomic mass is 35.5. The lowest BCUT2D eigenvalue weighted by Crippen LogP contribution is -1.99. The van der Waals surface area contributed by atoms with Crippen LogP contribution in [0.1, 0.15) is 5.56 Å². The van der Waals surface area contributed by atoms with Crippen molar-refractivity contribution in [3.05, 3.63) is 29.8 Å². The molecule has 0 spiro atoms. The molecule has 0 N–H and O–H groups in total. The number of benzene rings is 1. The van der Waals surface area contributed by atoms with Crippen LogP contribution in [0.3, 0.4) is 0 Å². The van der Waals surface area contributed by atoms with Crippen LogP contribution in [0.4, 0.5) is 0 Å². The second kappa shape index (κ2) is 4.74. The number of halogens is 1. The highest BCUT2D eigenvalue weighted by Crippen LogP contribution is 2.15. The Bertz CT molecular complexity index is 319. The zero-order chi connectivity index (χ0) is 9.68. The molecular formula is C10H10ClNO. The van der Waals surface area contributed by atoms with E-state index in [-0.39, 0.29) is 0 Å². The molecule has 1 aromatic rings. The first kappa shape index (κ1) is 9.88. The van der Waals surface area contributed by atoms with Crippen molar-refractivity contribution in [2.75, 3.05) is 7.11 Å². The third-order valence-corrected chi connectivity index (χ3v) is 1.94. The molecule has 0 saturated heterocycles. The van der Waals surface area contributed by atoms with Gasteiger partial charge < -0.3 is 4.74 Å². The summed E-state index contributed by atoms with van der Waals surface area (Å²) in [6.07, 6.45) is 0.551. The van der Waals surface area contributed by atoms with E-state index in [1.54, 1.807) is 7.11 Å². The average Bonchev–Trinajstić information content (AvgIpc) is 2.18. The van der Waals surface area contributed by atoms with Crippen LogP contribution >= 0.6 is 11.6 Å². The molecule has 0 fully saturated rings. The van der Waals surface area contributed by atoms with Gasteiger partial charge in [0.25, 0.3) is 0 Å². The molecule has 1 atom stereocenters. The first-order valence-corrected chi connectivity index (χ1v) is 4.36. The number of hydrogen-bond donors (Lipinski definition) is 0. The minimum Gasteiger partial charge on any atom is -0.497 e. The zero-order valence-corrected chi connectivity index (χ0v) is 8.08. The molecular weight excluding hydrogens is 186 g/mol. The fourth-order valence-electron chi connectivity index (χ4n) is 1.05. The Hall–Kier alpha value is -1.20. The zero-order valence-electron chi connectivity index (χ0n) is 7.33. The van der Waals surface area contributed by atoms with Gasteiger partial charge in [0.2, 0.25) is 0 Å². The molecule has 0 aliphatic heterocycles. The topological polar surface area (TPSA) is 33.0 Å². The van der Waals surface area contributed by atoms with E-state index < -0.39 is 5.38 Å². The van der Waals surface area contributed by atoms with Crippen LogP contribution in [0.25, 0.3) is 0 Å². The fraction of sp³-hybridized carbons (Fsp3) is 0.300. The summed E-state index contributed by atoms with van der Waals surface area (Å²) < 4.78 is 5.04. The minimum atomic E-state index is -0.466. The highest BCUT2D eigenvalue weighted by Gasteiger charge is 2.04. The van der Waals surface area contributed by atoms with E-state index in [2.05, 4.69) is 0 Å². The predicted octanol–water partition coefficient (Wildman–Crippen LogP) is 2.37. The largest absolute Gasteiger partial charge is 0.497 e. The number of nitrogens with zero attached hydrogens (tertiary/aromatic N) is 1. The molecule has 13 heavy (non-hydrogen) atoms. The van der Waals surface area contributed by atoms with Crippen LogP contribution in [-0.4, -0.2) is 12.5 Å². The molecule has 3 heteroatoms. The van der Waals surface area contributed by atoms with E-state index in [1.165, 1.54) is 0 Å². The number of rotatable bonds is 3. The van der Waals surface area contributed by atoms with Crippen LogP contribution in [0.15, 0.2) is 24.3 Å². The summed E-state index contributed by atoms with van der Waals surface area (Å²) in [6.45, 7) is 0. The monoisotopic (exact) mass is 195 g/mol. The van der Waals surface area contributed by atoms with E-state index in [4.69, 9.17) is 21.6 Å². The quantitative estimate of drug-likeness (QED) is 0.694. The third-order valence-electron chi connectivity index (χ3n) is 1.69. The first-order valence-electron chi connectivity index (χ1n) is 3.93. The fourth-order valence-corrected chi connectivity index (χ4v) is 1.23. The van der Waals surface area contributed by atoms with E-state index in [9.17, 15) is 0 Å². The minimum absolute atomic E-state index is 0.466. The van der Waals surface area contributed by atoms with Gasteiger partial charge in [0, 0.05) is 6.42 Å². The Balaban J connectivity index is 2.73. The number of alkyl halides is 1. The molecule has 0 bridgehead atoms. The van der Waals surface area contributed by atoms with Crippen molar-refractivity contribution < 1.29 is 4.74 Å². The van der Waals surface area contributed by atoms with Gasteiger partial charge in [-0.15, -0.1) is 11.6 Å². The number of hydrogen-bond acceptors (Lipinski definition) is 2. The molecule has 0 heterocycles. The normalized spacial score (nSPS) is 11.8. The smallest absolute Gasteiger partial charge is 0.124 e. The lowest BCUT2D eigenvalue weighted by Gasteiger charge is -2.03. The third kappa shape index (κ3) is 2.96. The van der Waals surface area contributed by atoms with Crippen molar-refractivity contribution in [3.8, 4) is 11.8 Å². The summed E-state index contributed by atoms with van der Waals surface area (Å²) >= 11 is 5.69. The van der Waals surface area contributed by atoms with Crippen LogP contribution in [0, 0.1) is 11.3 Å². The molecule has 68 valence electrons. The SMILES string of the molecule is COc1cccc(CC(Cl)C#N)c1. The Kier molecular flexibility index (Phi) is 3.60. The van der Waals surface area contributed by atoms with Gasteiger partial charge in [0.05, 0.1) is 13.2 Å². The van der Waals surface area contributed by atoms with Crippen LogP contribution in [0.5, 0.6) is 5.75 Å². The second-order valence-corrected chi connectivity index (χ2v) is 3.18. The van der Waals surface area contributed by atoms with E-state index in [1.807, 2.05) is 30.3 Å². The summed E-state index contributed by atoms with van der Waals surface area (Å²) in [5, 5.41) is 8.04. The average molecular weight is 196 g/mol. The lowest BCUT2D eigenvalue weighted by molar-refractivity contribution is 0.414. The van der Waals surface area contributed by atoms with Crippen molar-refractivity contribution in [1.29, 1.82) is 5.26 Å². The van der Waals surface area contributed by atoms with Crippen molar-refractivity contribution in [2.24, 2.45) is 0 Å². The Morgan fingerprint density at radius 3 is 3.00 bits per heavy atom. The maximum Gasteiger partial charge on any atom is 0.124 e. The molecule has 0 saturated carbocycles. The van der Waals surface area contributed by atoms with Crippen molar-refractivity contribution in [1.82, 2.24) is 0 Å². The Labute approximate surface area is 82.7 Å². The van der Waals surface area contributed by atoms with E-state index >= 15 is 0 Å². The van der Waals surface area contributed by atoms with Crippen LogP contribution in [0.2, 0.25) is 0 Å². The maximum absolute atomic E-state index is 8.51. The van der Waals surface area contributed by atoms with Crippen molar-refractivity contribution in [2.45, 2.75) is 11.8 Å². The molecule has 1 aromatic carbocycles. The molecule has 1 rings (SSSR count). The van der Waals surface area contributed by atoms with Gasteiger partial charge in [-0.1, -0.05) is 12.1 Å². The number of nitriles is 1. The molecule has 0 amide bonds. The summed E-state index contributed by atoms with van der Waals surface area (Å²) in [7, 11) is 1.61. The van der Waals surface area contributed by atoms with Gasteiger partial charge in [-0.2, -0.15) is 5.26 Å². The molecule has 0 aromatic heterocycles. The van der Waals surface area contributed by atoms with E-state index in [0.717, 1.165) is 11.3 Å². The molecule has 1 unspecified atom stereocenters. The van der Waals surface area contributed by atoms with Crippen LogP contribution in [-0.2, 0) is 6.42 Å². The van der Waals surface area contributed by atoms with Gasteiger partial charge in [-0.05, 0) is 17.7 Å². The standard InChI is InChI=1S/C10H10ClNO/c1-13-10-4-2-3-8(6-10)5-9(11)7-12/h2-4,6,9H,5H2,1H3. The van der Waals surface area contributed by atoms with Gasteiger partial charge in [0.15, 0.2) is 0 Å². The van der Waals surface area contributed by atoms with Crippen molar-refractivity contribution >= 4 is 11.6 Å². The van der Waals surface area contributed by atoms with Gasteiger partial charge in [0.1, 0.15) is 11.1 Å². The van der Waals surface area contributed by atoms with Gasteiger partial charge in [-0.3, -0.25) is 0 Å². The Morgan fingerprint density at radius 2 is 2.38 bits per heavy atom. The van der Waals surface area contributed by atoms with Crippen molar-refractivity contribution in [3.63, 3.8) is 0 Å².